The summed E-state index contributed by atoms with van der Waals surface area (Å²) in [7, 11) is 1.75. The van der Waals surface area contributed by atoms with Gasteiger partial charge in [-0.25, -0.2) is 0 Å². The fourth-order valence-electron chi connectivity index (χ4n) is 1.63. The lowest BCUT2D eigenvalue weighted by Gasteiger charge is -2.07. The van der Waals surface area contributed by atoms with Crippen LogP contribution in [0.2, 0.25) is 0 Å². The monoisotopic (exact) mass is 293 g/mol. The molecular weight excluding hydrogens is 278 g/mol. The summed E-state index contributed by atoms with van der Waals surface area (Å²) in [5.41, 5.74) is 8.94. The van der Waals surface area contributed by atoms with Gasteiger partial charge in [0.25, 0.3) is 5.91 Å². The van der Waals surface area contributed by atoms with Gasteiger partial charge < -0.3 is 15.6 Å². The molecule has 100 valence electrons. The number of nitrogens with zero attached hydrogens (tertiary/aromatic N) is 1. The van der Waals surface area contributed by atoms with Crippen molar-refractivity contribution in [1.82, 2.24) is 4.57 Å². The van der Waals surface area contributed by atoms with E-state index in [1.165, 1.54) is 16.9 Å². The third-order valence-corrected chi connectivity index (χ3v) is 4.60. The van der Waals surface area contributed by atoms with Crippen molar-refractivity contribution in [2.45, 2.75) is 13.8 Å². The highest BCUT2D eigenvalue weighted by atomic mass is 32.1. The fourth-order valence-corrected chi connectivity index (χ4v) is 2.77. The summed E-state index contributed by atoms with van der Waals surface area (Å²) in [6, 6.07) is 5.78. The molecule has 0 bridgehead atoms. The standard InChI is InChI=1S/C13H15N3OS2/c1-7-4-5-9(6-8(7)2)15-12(17)10-11(14)16(3)13(18)19-10/h4-6H,14H2,1-3H3,(H,15,17). The van der Waals surface area contributed by atoms with Crippen molar-refractivity contribution in [1.29, 1.82) is 0 Å². The van der Waals surface area contributed by atoms with Gasteiger partial charge in [0.15, 0.2) is 3.95 Å². The average Bonchev–Trinajstić information content (AvgIpc) is 2.62. The van der Waals surface area contributed by atoms with Crippen LogP contribution in [0.4, 0.5) is 11.5 Å². The smallest absolute Gasteiger partial charge is 0.269 e. The summed E-state index contributed by atoms with van der Waals surface area (Å²) in [5, 5.41) is 2.84. The molecule has 2 rings (SSSR count). The molecular formula is C13H15N3OS2. The highest BCUT2D eigenvalue weighted by Gasteiger charge is 2.15. The van der Waals surface area contributed by atoms with Crippen molar-refractivity contribution in [3.05, 3.63) is 38.2 Å². The molecule has 0 unspecified atom stereocenters. The van der Waals surface area contributed by atoms with Crippen molar-refractivity contribution in [2.75, 3.05) is 11.1 Å². The van der Waals surface area contributed by atoms with Gasteiger partial charge in [-0.3, -0.25) is 4.79 Å². The van der Waals surface area contributed by atoms with Crippen molar-refractivity contribution < 1.29 is 4.79 Å². The summed E-state index contributed by atoms with van der Waals surface area (Å²) in [6.07, 6.45) is 0. The van der Waals surface area contributed by atoms with E-state index in [0.717, 1.165) is 11.3 Å². The zero-order valence-corrected chi connectivity index (χ0v) is 12.6. The molecule has 0 aliphatic rings. The number of thiazole rings is 1. The number of rotatable bonds is 2. The quantitative estimate of drug-likeness (QED) is 0.835. The number of carbonyl (C=O) groups excluding carboxylic acids is 1. The molecule has 1 amide bonds. The molecule has 2 aromatic rings. The molecule has 6 heteroatoms. The number of nitrogens with two attached hydrogens (primary N) is 1. The van der Waals surface area contributed by atoms with E-state index in [0.29, 0.717) is 14.6 Å². The van der Waals surface area contributed by atoms with E-state index >= 15 is 0 Å². The molecule has 0 radical (unpaired) electrons. The maximum Gasteiger partial charge on any atom is 0.269 e. The molecule has 1 aromatic carbocycles. The van der Waals surface area contributed by atoms with Gasteiger partial charge in [-0.2, -0.15) is 0 Å². The third-order valence-electron chi connectivity index (χ3n) is 3.03. The van der Waals surface area contributed by atoms with E-state index in [1.807, 2.05) is 32.0 Å². The number of nitrogen functional groups attached to an aromatic ring is 1. The molecule has 1 aromatic heterocycles. The maximum absolute atomic E-state index is 12.2. The molecule has 0 aliphatic carbocycles. The van der Waals surface area contributed by atoms with Crippen LogP contribution >= 0.6 is 23.6 Å². The summed E-state index contributed by atoms with van der Waals surface area (Å²) in [5.74, 6) is 0.175. The Bertz CT molecular complexity index is 700. The summed E-state index contributed by atoms with van der Waals surface area (Å²) < 4.78 is 2.22. The molecule has 4 nitrogen and oxygen atoms in total. The van der Waals surface area contributed by atoms with Gasteiger partial charge in [0, 0.05) is 12.7 Å². The largest absolute Gasteiger partial charge is 0.384 e. The predicted octanol–water partition coefficient (Wildman–Crippen LogP) is 3.27. The number of carbonyl (C=O) groups is 1. The van der Waals surface area contributed by atoms with Crippen LogP contribution in [0.15, 0.2) is 18.2 Å². The maximum atomic E-state index is 12.2. The number of hydrogen-bond acceptors (Lipinski definition) is 4. The fraction of sp³-hybridized carbons (Fsp3) is 0.231. The zero-order chi connectivity index (χ0) is 14.2. The number of aromatic nitrogens is 1. The number of aryl methyl sites for hydroxylation is 2. The normalized spacial score (nSPS) is 10.5. The molecule has 0 aliphatic heterocycles. The number of hydrogen-bond donors (Lipinski definition) is 2. The molecule has 0 saturated heterocycles. The summed E-state index contributed by atoms with van der Waals surface area (Å²) in [6.45, 7) is 4.04. The van der Waals surface area contributed by atoms with Crippen LogP contribution in [0.1, 0.15) is 20.8 Å². The first-order valence-electron chi connectivity index (χ1n) is 5.74. The molecule has 0 saturated carbocycles. The van der Waals surface area contributed by atoms with Gasteiger partial charge in [-0.05, 0) is 49.3 Å². The van der Waals surface area contributed by atoms with Crippen LogP contribution in [0.25, 0.3) is 0 Å². The second-order valence-corrected chi connectivity index (χ2v) is 6.04. The second kappa shape index (κ2) is 5.14. The van der Waals surface area contributed by atoms with E-state index in [9.17, 15) is 4.79 Å². The molecule has 0 atom stereocenters. The van der Waals surface area contributed by atoms with Crippen LogP contribution in [0, 0.1) is 17.8 Å². The first kappa shape index (κ1) is 13.8. The van der Waals surface area contributed by atoms with Crippen LogP contribution in [-0.4, -0.2) is 10.5 Å². The highest BCUT2D eigenvalue weighted by molar-refractivity contribution is 7.73. The highest BCUT2D eigenvalue weighted by Crippen LogP contribution is 2.22. The van der Waals surface area contributed by atoms with E-state index in [1.54, 1.807) is 11.6 Å². The van der Waals surface area contributed by atoms with Crippen molar-refractivity contribution in [3.8, 4) is 0 Å². The topological polar surface area (TPSA) is 60.0 Å². The van der Waals surface area contributed by atoms with E-state index in [2.05, 4.69) is 5.32 Å². The number of nitrogens with one attached hydrogen (secondary N) is 1. The molecule has 19 heavy (non-hydrogen) atoms. The van der Waals surface area contributed by atoms with Crippen molar-refractivity contribution >= 4 is 41.0 Å². The molecule has 1 heterocycles. The first-order chi connectivity index (χ1) is 8.90. The van der Waals surface area contributed by atoms with Crippen molar-refractivity contribution in [2.24, 2.45) is 7.05 Å². The second-order valence-electron chi connectivity index (χ2n) is 4.39. The van der Waals surface area contributed by atoms with Crippen LogP contribution in [0.5, 0.6) is 0 Å². The van der Waals surface area contributed by atoms with E-state index in [-0.39, 0.29) is 5.91 Å². The van der Waals surface area contributed by atoms with Crippen LogP contribution < -0.4 is 11.1 Å². The predicted molar refractivity (Wildman–Crippen MR) is 82.4 cm³/mol. The SMILES string of the molecule is Cc1ccc(NC(=O)c2sc(=S)n(C)c2N)cc1C. The zero-order valence-electron chi connectivity index (χ0n) is 11.0. The van der Waals surface area contributed by atoms with Gasteiger partial charge in [0.2, 0.25) is 0 Å². The Balaban J connectivity index is 2.28. The molecule has 0 spiro atoms. The van der Waals surface area contributed by atoms with Gasteiger partial charge in [0.05, 0.1) is 0 Å². The molecule has 3 N–H and O–H groups in total. The van der Waals surface area contributed by atoms with E-state index in [4.69, 9.17) is 18.0 Å². The first-order valence-corrected chi connectivity index (χ1v) is 6.96. The molecule has 0 fully saturated rings. The van der Waals surface area contributed by atoms with E-state index < -0.39 is 0 Å². The van der Waals surface area contributed by atoms with Crippen LogP contribution in [0.3, 0.4) is 0 Å². The lowest BCUT2D eigenvalue weighted by atomic mass is 10.1. The van der Waals surface area contributed by atoms with Gasteiger partial charge in [-0.15, -0.1) is 0 Å². The van der Waals surface area contributed by atoms with Gasteiger partial charge >= 0.3 is 0 Å². The van der Waals surface area contributed by atoms with Crippen molar-refractivity contribution in [3.63, 3.8) is 0 Å². The summed E-state index contributed by atoms with van der Waals surface area (Å²) in [4.78, 5) is 12.6. The van der Waals surface area contributed by atoms with Crippen LogP contribution in [-0.2, 0) is 7.05 Å². The lowest BCUT2D eigenvalue weighted by molar-refractivity contribution is 0.103. The number of benzene rings is 1. The lowest BCUT2D eigenvalue weighted by Crippen LogP contribution is -2.13. The Morgan fingerprint density at radius 1 is 1.37 bits per heavy atom. The average molecular weight is 293 g/mol. The Kier molecular flexibility index (Phi) is 3.73. The summed E-state index contributed by atoms with van der Waals surface area (Å²) >= 11 is 6.32. The minimum Gasteiger partial charge on any atom is -0.384 e. The minimum absolute atomic E-state index is 0.225. The number of amides is 1. The Labute approximate surface area is 120 Å². The minimum atomic E-state index is -0.225. The number of anilines is 2. The third kappa shape index (κ3) is 2.69. The Hall–Kier alpha value is -1.66. The van der Waals surface area contributed by atoms with Gasteiger partial charge in [-0.1, -0.05) is 17.4 Å². The van der Waals surface area contributed by atoms with Gasteiger partial charge in [0.1, 0.15) is 10.7 Å². The Morgan fingerprint density at radius 2 is 2.05 bits per heavy atom. The Morgan fingerprint density at radius 3 is 2.58 bits per heavy atom.